The quantitative estimate of drug-likeness (QED) is 0.145. The van der Waals surface area contributed by atoms with Gasteiger partial charge in [-0.2, -0.15) is 0 Å². The van der Waals surface area contributed by atoms with Crippen molar-refractivity contribution >= 4 is 39.5 Å². The van der Waals surface area contributed by atoms with E-state index in [1.165, 1.54) is 5.56 Å². The third-order valence-corrected chi connectivity index (χ3v) is 10.1. The van der Waals surface area contributed by atoms with Gasteiger partial charge in [-0.3, -0.25) is 14.9 Å². The van der Waals surface area contributed by atoms with E-state index in [-0.39, 0.29) is 42.6 Å². The number of nitrogens with zero attached hydrogens (tertiary/aromatic N) is 4. The molecule has 47 heavy (non-hydrogen) atoms. The summed E-state index contributed by atoms with van der Waals surface area (Å²) in [6.07, 6.45) is 12.7. The lowest BCUT2D eigenvalue weighted by molar-refractivity contribution is -0.683. The summed E-state index contributed by atoms with van der Waals surface area (Å²) in [6, 6.07) is 8.11. The number of carbonyl (C=O) groups is 3. The number of rotatable bonds is 13. The van der Waals surface area contributed by atoms with Crippen LogP contribution in [0.4, 0.5) is 11.6 Å². The van der Waals surface area contributed by atoms with E-state index in [1.54, 1.807) is 6.20 Å². The van der Waals surface area contributed by atoms with Crippen LogP contribution in [0, 0.1) is 0 Å². The summed E-state index contributed by atoms with van der Waals surface area (Å²) in [6.45, 7) is 9.76. The van der Waals surface area contributed by atoms with Crippen LogP contribution in [-0.4, -0.2) is 59.1 Å². The lowest BCUT2D eigenvalue weighted by atomic mass is 9.81. The summed E-state index contributed by atoms with van der Waals surface area (Å²) in [4.78, 5) is 47.0. The number of hydrogen-bond donors (Lipinski definition) is 1. The fraction of sp³-hybridized carbons (Fsp3) is 0.500. The van der Waals surface area contributed by atoms with Gasteiger partial charge < -0.3 is 14.3 Å². The summed E-state index contributed by atoms with van der Waals surface area (Å²) in [7, 11) is -4.31. The van der Waals surface area contributed by atoms with Gasteiger partial charge in [0.2, 0.25) is 0 Å². The van der Waals surface area contributed by atoms with Crippen LogP contribution in [0.25, 0.3) is 0 Å². The number of imide groups is 1. The molecule has 2 amide bonds. The van der Waals surface area contributed by atoms with Crippen LogP contribution in [-0.2, 0) is 46.7 Å². The summed E-state index contributed by atoms with van der Waals surface area (Å²) in [5.74, 6) is -0.128. The van der Waals surface area contributed by atoms with Crippen LogP contribution in [0.5, 0.6) is 0 Å². The van der Waals surface area contributed by atoms with Crippen molar-refractivity contribution in [2.45, 2.75) is 96.1 Å². The van der Waals surface area contributed by atoms with Crippen molar-refractivity contribution in [1.29, 1.82) is 0 Å². The number of nitrogens with one attached hydrogen (secondary N) is 1. The van der Waals surface area contributed by atoms with E-state index in [2.05, 4.69) is 60.8 Å². The van der Waals surface area contributed by atoms with Gasteiger partial charge in [0.1, 0.15) is 11.9 Å². The van der Waals surface area contributed by atoms with Crippen molar-refractivity contribution in [3.8, 4) is 0 Å². The Morgan fingerprint density at radius 2 is 1.81 bits per heavy atom. The van der Waals surface area contributed by atoms with E-state index in [9.17, 15) is 27.4 Å². The molecule has 0 aliphatic carbocycles. The lowest BCUT2D eigenvalue weighted by Crippen LogP contribution is -2.37. The topological polar surface area (TPSA) is 153 Å². The van der Waals surface area contributed by atoms with Gasteiger partial charge in [0.25, 0.3) is 17.6 Å². The zero-order valence-electron chi connectivity index (χ0n) is 27.4. The van der Waals surface area contributed by atoms with Crippen LogP contribution in [0.2, 0.25) is 0 Å². The zero-order chi connectivity index (χ0) is 34.0. The fourth-order valence-corrected chi connectivity index (χ4v) is 7.09. The van der Waals surface area contributed by atoms with E-state index in [0.717, 1.165) is 42.3 Å². The number of unbranched alkanes of at least 4 members (excludes halogenated alkanes) is 2. The third kappa shape index (κ3) is 7.41. The Kier molecular flexibility index (Phi) is 9.88. The molecule has 3 aliphatic heterocycles. The van der Waals surface area contributed by atoms with Gasteiger partial charge in [-0.15, -0.1) is 5.06 Å². The summed E-state index contributed by atoms with van der Waals surface area (Å²) < 4.78 is 36.0. The Balaban J connectivity index is 1.22. The van der Waals surface area contributed by atoms with Crippen molar-refractivity contribution < 1.29 is 36.8 Å². The first kappa shape index (κ1) is 34.2. The Labute approximate surface area is 276 Å². The SMILES string of the molecule is CC1(C)/C(=C/C=C/C2Nc3c(ccc[n+]3CCCCCC(=O)ON3C(=O)CCC3=O)C2(C)C)N(CCCS(=O)(=O)[O-])c2ncccc21. The van der Waals surface area contributed by atoms with Crippen molar-refractivity contribution in [1.82, 2.24) is 10.0 Å². The van der Waals surface area contributed by atoms with Crippen LogP contribution in [0.15, 0.2) is 60.6 Å². The second kappa shape index (κ2) is 13.6. The Morgan fingerprint density at radius 3 is 2.53 bits per heavy atom. The minimum absolute atomic E-state index is 0.00199. The van der Waals surface area contributed by atoms with Gasteiger partial charge >= 0.3 is 5.97 Å². The summed E-state index contributed by atoms with van der Waals surface area (Å²) in [5.41, 5.74) is 2.65. The first-order valence-electron chi connectivity index (χ1n) is 16.1. The number of allylic oxidation sites excluding steroid dienone is 3. The molecule has 0 spiro atoms. The molecule has 1 unspecified atom stereocenters. The monoisotopic (exact) mass is 665 g/mol. The number of anilines is 2. The molecule has 1 fully saturated rings. The highest BCUT2D eigenvalue weighted by Crippen LogP contribution is 2.46. The molecule has 5 heterocycles. The molecule has 1 N–H and O–H groups in total. The molecular formula is C34H43N5O7S. The summed E-state index contributed by atoms with van der Waals surface area (Å²) in [5, 5.41) is 4.29. The second-order valence-electron chi connectivity index (χ2n) is 13.4. The predicted octanol–water partition coefficient (Wildman–Crippen LogP) is 3.78. The first-order valence-corrected chi connectivity index (χ1v) is 17.7. The fourth-order valence-electron chi connectivity index (χ4n) is 6.61. The van der Waals surface area contributed by atoms with Crippen molar-refractivity contribution in [2.24, 2.45) is 0 Å². The molecule has 0 radical (unpaired) electrons. The highest BCUT2D eigenvalue weighted by atomic mass is 32.2. The smallest absolute Gasteiger partial charge is 0.333 e. The molecule has 252 valence electrons. The predicted molar refractivity (Wildman–Crippen MR) is 174 cm³/mol. The molecule has 0 saturated carbocycles. The number of aryl methyl sites for hydroxylation is 1. The number of fused-ring (bicyclic) bond motifs is 2. The van der Waals surface area contributed by atoms with E-state index < -0.39 is 33.7 Å². The largest absolute Gasteiger partial charge is 0.748 e. The van der Waals surface area contributed by atoms with Crippen LogP contribution in [0.3, 0.4) is 0 Å². The number of pyridine rings is 2. The maximum absolute atomic E-state index is 12.1. The molecule has 5 rings (SSSR count). The Hall–Kier alpha value is -4.10. The molecule has 0 aromatic carbocycles. The first-order chi connectivity index (χ1) is 22.2. The molecule has 13 heteroatoms. The van der Waals surface area contributed by atoms with Gasteiger partial charge in [-0.25, -0.2) is 22.8 Å². The van der Waals surface area contributed by atoms with E-state index in [1.807, 2.05) is 35.4 Å². The average molecular weight is 666 g/mol. The normalized spacial score (nSPS) is 20.6. The second-order valence-corrected chi connectivity index (χ2v) is 14.9. The minimum atomic E-state index is -4.31. The van der Waals surface area contributed by atoms with Crippen molar-refractivity contribution in [2.75, 3.05) is 22.5 Å². The van der Waals surface area contributed by atoms with Crippen molar-refractivity contribution in [3.63, 3.8) is 0 Å². The maximum atomic E-state index is 12.1. The molecule has 2 aromatic rings. The van der Waals surface area contributed by atoms with Crippen LogP contribution >= 0.6 is 0 Å². The van der Waals surface area contributed by atoms with Gasteiger partial charge in [-0.05, 0) is 56.0 Å². The molecule has 3 aliphatic rings. The van der Waals surface area contributed by atoms with Crippen molar-refractivity contribution in [3.05, 3.63) is 71.7 Å². The maximum Gasteiger partial charge on any atom is 0.333 e. The highest BCUT2D eigenvalue weighted by Gasteiger charge is 2.45. The van der Waals surface area contributed by atoms with Gasteiger partial charge in [0.05, 0.1) is 28.4 Å². The molecule has 2 aromatic heterocycles. The highest BCUT2D eigenvalue weighted by molar-refractivity contribution is 7.85. The molecular weight excluding hydrogens is 622 g/mol. The lowest BCUT2D eigenvalue weighted by Gasteiger charge is -2.26. The van der Waals surface area contributed by atoms with Crippen LogP contribution < -0.4 is 14.8 Å². The Bertz CT molecular complexity index is 1700. The molecule has 12 nitrogen and oxygen atoms in total. The molecule has 1 atom stereocenters. The number of carbonyl (C=O) groups excluding carboxylic acids is 3. The number of hydrogen-bond acceptors (Lipinski definition) is 10. The average Bonchev–Trinajstić information content (AvgIpc) is 3.54. The molecule has 1 saturated heterocycles. The van der Waals surface area contributed by atoms with Gasteiger partial charge in [0, 0.05) is 59.8 Å². The third-order valence-electron chi connectivity index (χ3n) is 9.29. The van der Waals surface area contributed by atoms with E-state index >= 15 is 0 Å². The number of amides is 2. The zero-order valence-corrected chi connectivity index (χ0v) is 28.2. The number of hydroxylamine groups is 2. The van der Waals surface area contributed by atoms with Gasteiger partial charge in [0.15, 0.2) is 0 Å². The van der Waals surface area contributed by atoms with Gasteiger partial charge in [-0.1, -0.05) is 39.8 Å². The Morgan fingerprint density at radius 1 is 1.09 bits per heavy atom. The van der Waals surface area contributed by atoms with Crippen LogP contribution in [0.1, 0.15) is 83.8 Å². The minimum Gasteiger partial charge on any atom is -0.748 e. The standard InChI is InChI=1S/C34H43N5O7S/c1-33(2)25-13-10-21-37(20-7-5-6-16-30(42)46-39-28(40)17-18-29(39)41)32(25)36-26(33)14-8-15-27-34(3,4)24-12-9-19-35-31(24)38(27)22-11-23-47(43,44)45/h8-10,12-15,19,21,26H,5-7,11,16-18,20,22-23H2,1-4H3,(H,43,44,45)/b14-8+,27-15-. The number of aromatic nitrogens is 2. The summed E-state index contributed by atoms with van der Waals surface area (Å²) >= 11 is 0. The molecule has 0 bridgehead atoms. The van der Waals surface area contributed by atoms with E-state index in [4.69, 9.17) is 4.84 Å². The van der Waals surface area contributed by atoms with E-state index in [0.29, 0.717) is 18.0 Å².